The molecule has 1 fully saturated rings. The molecule has 70 valence electrons. The van der Waals surface area contributed by atoms with Crippen LogP contribution < -0.4 is 5.32 Å². The van der Waals surface area contributed by atoms with E-state index in [9.17, 15) is 0 Å². The first-order valence-electron chi connectivity index (χ1n) is 4.81. The van der Waals surface area contributed by atoms with E-state index in [1.807, 2.05) is 0 Å². The van der Waals surface area contributed by atoms with Crippen molar-refractivity contribution in [2.24, 2.45) is 11.8 Å². The highest BCUT2D eigenvalue weighted by Crippen LogP contribution is 2.25. The molecule has 0 saturated carbocycles. The van der Waals surface area contributed by atoms with E-state index in [1.54, 1.807) is 0 Å². The highest BCUT2D eigenvalue weighted by Gasteiger charge is 2.14. The van der Waals surface area contributed by atoms with Crippen LogP contribution in [-0.2, 0) is 0 Å². The van der Waals surface area contributed by atoms with Gasteiger partial charge in [0, 0.05) is 0 Å². The molecule has 0 radical (unpaired) electrons. The number of thiol groups is 1. The fraction of sp³-hybridized carbons (Fsp3) is 0.800. The van der Waals surface area contributed by atoms with Gasteiger partial charge in [-0.1, -0.05) is 19.9 Å². The van der Waals surface area contributed by atoms with Crippen LogP contribution in [0.1, 0.15) is 26.7 Å². The molecule has 1 aliphatic rings. The van der Waals surface area contributed by atoms with E-state index in [1.165, 1.54) is 17.7 Å². The smallest absolute Gasteiger partial charge is 0.00429 e. The molecule has 0 bridgehead atoms. The lowest BCUT2D eigenvalue weighted by Gasteiger charge is -2.23. The summed E-state index contributed by atoms with van der Waals surface area (Å²) in [5, 5.41) is 3.36. The Bertz CT molecular complexity index is 157. The number of piperidine rings is 1. The first-order chi connectivity index (χ1) is 5.70. The molecule has 0 spiro atoms. The average Bonchev–Trinajstić information content (AvgIpc) is 2.05. The highest BCUT2D eigenvalue weighted by atomic mass is 32.1. The van der Waals surface area contributed by atoms with Gasteiger partial charge in [0.2, 0.25) is 0 Å². The van der Waals surface area contributed by atoms with Crippen molar-refractivity contribution < 1.29 is 0 Å². The topological polar surface area (TPSA) is 12.0 Å². The van der Waals surface area contributed by atoms with Crippen LogP contribution in [0.15, 0.2) is 11.0 Å². The van der Waals surface area contributed by atoms with Gasteiger partial charge >= 0.3 is 0 Å². The zero-order valence-electron chi connectivity index (χ0n) is 8.01. The summed E-state index contributed by atoms with van der Waals surface area (Å²) < 4.78 is 0. The lowest BCUT2D eigenvalue weighted by Crippen LogP contribution is -2.27. The first-order valence-corrected chi connectivity index (χ1v) is 5.26. The molecule has 1 N–H and O–H groups in total. The Morgan fingerprint density at radius 3 is 2.50 bits per heavy atom. The van der Waals surface area contributed by atoms with Crippen molar-refractivity contribution in [2.75, 3.05) is 13.1 Å². The van der Waals surface area contributed by atoms with Gasteiger partial charge in [-0.05, 0) is 42.7 Å². The zero-order valence-corrected chi connectivity index (χ0v) is 8.90. The van der Waals surface area contributed by atoms with Gasteiger partial charge in [0.05, 0.1) is 0 Å². The molecule has 0 aromatic rings. The minimum Gasteiger partial charge on any atom is -0.317 e. The predicted molar refractivity (Wildman–Crippen MR) is 57.5 cm³/mol. The quantitative estimate of drug-likeness (QED) is 0.630. The van der Waals surface area contributed by atoms with Crippen LogP contribution in [0.3, 0.4) is 0 Å². The highest BCUT2D eigenvalue weighted by molar-refractivity contribution is 7.84. The second-order valence-corrected chi connectivity index (χ2v) is 4.38. The van der Waals surface area contributed by atoms with Crippen LogP contribution in [0, 0.1) is 11.8 Å². The number of hydrogen-bond donors (Lipinski definition) is 2. The Morgan fingerprint density at radius 1 is 1.42 bits per heavy atom. The summed E-state index contributed by atoms with van der Waals surface area (Å²) in [6, 6.07) is 0. The Morgan fingerprint density at radius 2 is 2.00 bits per heavy atom. The van der Waals surface area contributed by atoms with Crippen LogP contribution in [0.25, 0.3) is 0 Å². The average molecular weight is 185 g/mol. The molecule has 1 heterocycles. The summed E-state index contributed by atoms with van der Waals surface area (Å²) in [4.78, 5) is 1.30. The largest absolute Gasteiger partial charge is 0.317 e. The fourth-order valence-corrected chi connectivity index (χ4v) is 2.15. The molecular weight excluding hydrogens is 166 g/mol. The van der Waals surface area contributed by atoms with Gasteiger partial charge in [0.15, 0.2) is 0 Å². The molecule has 0 amide bonds. The van der Waals surface area contributed by atoms with Gasteiger partial charge in [-0.25, -0.2) is 0 Å². The summed E-state index contributed by atoms with van der Waals surface area (Å²) in [7, 11) is 0. The van der Waals surface area contributed by atoms with E-state index in [-0.39, 0.29) is 0 Å². The monoisotopic (exact) mass is 185 g/mol. The molecule has 2 heteroatoms. The Labute approximate surface area is 81.0 Å². The maximum absolute atomic E-state index is 4.55. The van der Waals surface area contributed by atoms with E-state index in [4.69, 9.17) is 0 Å². The molecular formula is C10H19NS. The summed E-state index contributed by atoms with van der Waals surface area (Å²) >= 11 is 4.55. The Kier molecular flexibility index (Phi) is 4.16. The van der Waals surface area contributed by atoms with Gasteiger partial charge in [-0.3, -0.25) is 0 Å². The molecule has 1 nitrogen and oxygen atoms in total. The third-order valence-corrected chi connectivity index (χ3v) is 2.78. The molecule has 1 rings (SSSR count). The van der Waals surface area contributed by atoms with Crippen LogP contribution in [0.5, 0.6) is 0 Å². The van der Waals surface area contributed by atoms with Gasteiger partial charge in [-0.2, -0.15) is 0 Å². The van der Waals surface area contributed by atoms with Gasteiger partial charge in [0.25, 0.3) is 0 Å². The number of nitrogens with one attached hydrogen (secondary N) is 1. The van der Waals surface area contributed by atoms with E-state index >= 15 is 0 Å². The van der Waals surface area contributed by atoms with Crippen LogP contribution in [-0.4, -0.2) is 13.1 Å². The molecule has 12 heavy (non-hydrogen) atoms. The third kappa shape index (κ3) is 3.20. The van der Waals surface area contributed by atoms with Gasteiger partial charge < -0.3 is 5.32 Å². The summed E-state index contributed by atoms with van der Waals surface area (Å²) in [5.41, 5.74) is 0. The normalized spacial score (nSPS) is 21.8. The van der Waals surface area contributed by atoms with Crippen molar-refractivity contribution >= 4 is 12.6 Å². The molecule has 0 aromatic carbocycles. The third-order valence-electron chi connectivity index (χ3n) is 2.26. The van der Waals surface area contributed by atoms with Gasteiger partial charge in [-0.15, -0.1) is 12.6 Å². The van der Waals surface area contributed by atoms with Crippen molar-refractivity contribution in [3.63, 3.8) is 0 Å². The second kappa shape index (κ2) is 4.93. The van der Waals surface area contributed by atoms with Gasteiger partial charge in [0.1, 0.15) is 0 Å². The maximum Gasteiger partial charge on any atom is -0.00429 e. The lowest BCUT2D eigenvalue weighted by atomic mass is 9.96. The molecule has 0 unspecified atom stereocenters. The lowest BCUT2D eigenvalue weighted by molar-refractivity contribution is 0.431. The second-order valence-electron chi connectivity index (χ2n) is 3.86. The fourth-order valence-electron chi connectivity index (χ4n) is 1.60. The van der Waals surface area contributed by atoms with E-state index in [0.717, 1.165) is 19.0 Å². The standard InChI is InChI=1S/C10H19NS/c1-8(2)7-10(12)9-3-5-11-6-4-9/h7-9,11-12H,3-6H2,1-2H3/b10-7-. The predicted octanol–water partition coefficient (Wildman–Crippen LogP) is 2.46. The van der Waals surface area contributed by atoms with Crippen LogP contribution in [0.2, 0.25) is 0 Å². The minimum absolute atomic E-state index is 0.632. The van der Waals surface area contributed by atoms with Crippen molar-refractivity contribution in [3.05, 3.63) is 11.0 Å². The minimum atomic E-state index is 0.632. The maximum atomic E-state index is 4.55. The zero-order chi connectivity index (χ0) is 8.97. The SMILES string of the molecule is CC(C)/C=C(\S)C1CCNCC1. The van der Waals surface area contributed by atoms with Crippen LogP contribution in [0.4, 0.5) is 0 Å². The molecule has 0 aliphatic carbocycles. The van der Waals surface area contributed by atoms with Crippen molar-refractivity contribution in [1.82, 2.24) is 5.32 Å². The molecule has 0 aromatic heterocycles. The van der Waals surface area contributed by atoms with E-state index in [0.29, 0.717) is 5.92 Å². The van der Waals surface area contributed by atoms with E-state index < -0.39 is 0 Å². The Balaban J connectivity index is 2.44. The summed E-state index contributed by atoms with van der Waals surface area (Å²) in [6.45, 7) is 6.72. The van der Waals surface area contributed by atoms with Crippen molar-refractivity contribution in [1.29, 1.82) is 0 Å². The van der Waals surface area contributed by atoms with Crippen molar-refractivity contribution in [2.45, 2.75) is 26.7 Å². The van der Waals surface area contributed by atoms with Crippen LogP contribution >= 0.6 is 12.6 Å². The molecule has 0 atom stereocenters. The summed E-state index contributed by atoms with van der Waals surface area (Å²) in [5.74, 6) is 1.35. The van der Waals surface area contributed by atoms with E-state index in [2.05, 4.69) is 37.9 Å². The number of allylic oxidation sites excluding steroid dienone is 2. The van der Waals surface area contributed by atoms with Crippen molar-refractivity contribution in [3.8, 4) is 0 Å². The molecule has 1 saturated heterocycles. The molecule has 1 aliphatic heterocycles. The summed E-state index contributed by atoms with van der Waals surface area (Å²) in [6.07, 6.45) is 4.78. The Hall–Kier alpha value is 0.0500. The first kappa shape index (κ1) is 10.1. The number of hydrogen-bond acceptors (Lipinski definition) is 2. The number of rotatable bonds is 2.